The van der Waals surface area contributed by atoms with E-state index < -0.39 is 15.3 Å². The van der Waals surface area contributed by atoms with Gasteiger partial charge in [-0.3, -0.25) is 9.59 Å². The number of carbonyl (C=O) groups excluding carboxylic acids is 2. The molecule has 4 heterocycles. The number of fused-ring (bicyclic) bond motifs is 1. The van der Waals surface area contributed by atoms with Crippen molar-refractivity contribution in [2.45, 2.75) is 51.2 Å². The molecule has 2 saturated heterocycles. The Kier molecular flexibility index (Phi) is 4.84. The van der Waals surface area contributed by atoms with E-state index in [1.807, 2.05) is 9.47 Å². The molecule has 0 bridgehead atoms. The van der Waals surface area contributed by atoms with Crippen LogP contribution < -0.4 is 0 Å². The summed E-state index contributed by atoms with van der Waals surface area (Å²) in [6, 6.07) is 0. The Hall–Kier alpha value is -1.74. The van der Waals surface area contributed by atoms with E-state index in [0.29, 0.717) is 49.7 Å². The topological polar surface area (TPSA) is 93.9 Å². The van der Waals surface area contributed by atoms with Crippen LogP contribution in [0.5, 0.6) is 0 Å². The number of nitrogens with zero attached hydrogens (tertiary/aromatic N) is 4. The van der Waals surface area contributed by atoms with Gasteiger partial charge in [-0.2, -0.15) is 4.36 Å². The fourth-order valence-electron chi connectivity index (χ4n) is 4.17. The molecule has 0 atom stereocenters. The molecule has 1 aromatic heterocycles. The molecule has 2 fully saturated rings. The zero-order chi connectivity index (χ0) is 19.1. The van der Waals surface area contributed by atoms with Gasteiger partial charge in [0.15, 0.2) is 0 Å². The first-order valence-electron chi connectivity index (χ1n) is 9.67. The number of amides is 2. The van der Waals surface area contributed by atoms with Crippen molar-refractivity contribution in [3.63, 3.8) is 0 Å². The fourth-order valence-corrected chi connectivity index (χ4v) is 6.44. The summed E-state index contributed by atoms with van der Waals surface area (Å²) >= 11 is 0. The molecule has 0 N–H and O–H groups in total. The van der Waals surface area contributed by atoms with Gasteiger partial charge in [0, 0.05) is 37.4 Å². The highest BCUT2D eigenvalue weighted by atomic mass is 32.2. The zero-order valence-corrected chi connectivity index (χ0v) is 16.5. The second-order valence-electron chi connectivity index (χ2n) is 7.59. The van der Waals surface area contributed by atoms with Crippen molar-refractivity contribution < 1.29 is 18.5 Å². The van der Waals surface area contributed by atoms with Crippen LogP contribution in [0, 0.1) is 0 Å². The SMILES string of the molecule is CCC(=O)N=S1(=O)CCC2(CC1)CN(C(=O)c1cnc3n1CCC3)CCO2. The molecule has 3 aliphatic heterocycles. The number of carbonyl (C=O) groups is 2. The van der Waals surface area contributed by atoms with E-state index in [1.54, 1.807) is 13.1 Å². The summed E-state index contributed by atoms with van der Waals surface area (Å²) in [6.45, 7) is 4.08. The number of rotatable bonds is 2. The lowest BCUT2D eigenvalue weighted by Crippen LogP contribution is -2.56. The third-order valence-electron chi connectivity index (χ3n) is 5.80. The highest BCUT2D eigenvalue weighted by molar-refractivity contribution is 7.93. The maximum absolute atomic E-state index is 13.0. The first-order valence-corrected chi connectivity index (χ1v) is 11.5. The number of hydrogen-bond acceptors (Lipinski definition) is 5. The first-order chi connectivity index (χ1) is 12.9. The summed E-state index contributed by atoms with van der Waals surface area (Å²) in [4.78, 5) is 30.8. The van der Waals surface area contributed by atoms with Crippen molar-refractivity contribution in [3.8, 4) is 0 Å². The van der Waals surface area contributed by atoms with Crippen LogP contribution in [-0.2, 0) is 32.2 Å². The van der Waals surface area contributed by atoms with Crippen molar-refractivity contribution in [3.05, 3.63) is 17.7 Å². The van der Waals surface area contributed by atoms with E-state index in [0.717, 1.165) is 25.2 Å². The van der Waals surface area contributed by atoms with Crippen molar-refractivity contribution in [1.29, 1.82) is 0 Å². The predicted molar refractivity (Wildman–Crippen MR) is 100.0 cm³/mol. The third kappa shape index (κ3) is 3.54. The summed E-state index contributed by atoms with van der Waals surface area (Å²) in [6.07, 6.45) is 5.03. The van der Waals surface area contributed by atoms with Crippen LogP contribution in [0.15, 0.2) is 10.6 Å². The maximum Gasteiger partial charge on any atom is 0.272 e. The van der Waals surface area contributed by atoms with Crippen LogP contribution in [0.4, 0.5) is 0 Å². The zero-order valence-electron chi connectivity index (χ0n) is 15.7. The minimum Gasteiger partial charge on any atom is -0.371 e. The number of ether oxygens (including phenoxy) is 1. The van der Waals surface area contributed by atoms with Gasteiger partial charge in [-0.05, 0) is 19.3 Å². The number of aromatic nitrogens is 2. The van der Waals surface area contributed by atoms with Gasteiger partial charge in [0.1, 0.15) is 11.5 Å². The van der Waals surface area contributed by atoms with Crippen molar-refractivity contribution in [2.24, 2.45) is 4.36 Å². The molecule has 9 heteroatoms. The lowest BCUT2D eigenvalue weighted by atomic mass is 9.94. The van der Waals surface area contributed by atoms with Gasteiger partial charge in [0.05, 0.1) is 34.7 Å². The highest BCUT2D eigenvalue weighted by Crippen LogP contribution is 2.33. The van der Waals surface area contributed by atoms with Crippen molar-refractivity contribution in [1.82, 2.24) is 14.5 Å². The molecule has 8 nitrogen and oxygen atoms in total. The molecule has 0 saturated carbocycles. The van der Waals surface area contributed by atoms with Crippen molar-refractivity contribution in [2.75, 3.05) is 31.2 Å². The monoisotopic (exact) mass is 394 g/mol. The highest BCUT2D eigenvalue weighted by Gasteiger charge is 2.43. The normalized spacial score (nSPS) is 30.3. The summed E-state index contributed by atoms with van der Waals surface area (Å²) < 4.78 is 24.8. The minimum atomic E-state index is -2.49. The molecule has 3 aliphatic rings. The lowest BCUT2D eigenvalue weighted by Gasteiger charge is -2.45. The van der Waals surface area contributed by atoms with E-state index in [1.165, 1.54) is 0 Å². The molecule has 0 aliphatic carbocycles. The predicted octanol–water partition coefficient (Wildman–Crippen LogP) is 1.24. The Labute approximate surface area is 159 Å². The van der Waals surface area contributed by atoms with Gasteiger partial charge in [-0.1, -0.05) is 6.92 Å². The Balaban J connectivity index is 1.47. The number of imidazole rings is 1. The average molecular weight is 394 g/mol. The van der Waals surface area contributed by atoms with Crippen LogP contribution >= 0.6 is 0 Å². The van der Waals surface area contributed by atoms with E-state index in [-0.39, 0.29) is 18.2 Å². The molecule has 148 valence electrons. The Morgan fingerprint density at radius 3 is 2.85 bits per heavy atom. The average Bonchev–Trinajstić information content (AvgIpc) is 3.28. The second kappa shape index (κ2) is 7.01. The molecule has 4 rings (SSSR count). The molecule has 27 heavy (non-hydrogen) atoms. The minimum absolute atomic E-state index is 0.00418. The van der Waals surface area contributed by atoms with Crippen LogP contribution in [0.1, 0.15) is 48.9 Å². The Bertz CT molecular complexity index is 870. The summed E-state index contributed by atoms with van der Waals surface area (Å²) in [5, 5.41) is 0. The van der Waals surface area contributed by atoms with E-state index >= 15 is 0 Å². The van der Waals surface area contributed by atoms with Gasteiger partial charge in [-0.15, -0.1) is 0 Å². The number of morpholine rings is 1. The summed E-state index contributed by atoms with van der Waals surface area (Å²) in [5.41, 5.74) is 0.177. The standard InChI is InChI=1S/C18H26N4O4S/c1-2-16(23)20-27(25)10-5-18(6-11-27)13-21(8-9-26-18)17(24)14-12-19-15-4-3-7-22(14)15/h12H,2-11,13H2,1H3. The van der Waals surface area contributed by atoms with Crippen LogP contribution in [0.3, 0.4) is 0 Å². The largest absolute Gasteiger partial charge is 0.371 e. The molecule has 1 spiro atoms. The van der Waals surface area contributed by atoms with Crippen LogP contribution in [0.25, 0.3) is 0 Å². The molecule has 0 unspecified atom stereocenters. The van der Waals surface area contributed by atoms with Gasteiger partial charge < -0.3 is 14.2 Å². The first kappa shape index (κ1) is 18.6. The van der Waals surface area contributed by atoms with Crippen LogP contribution in [0.2, 0.25) is 0 Å². The molecular formula is C18H26N4O4S. The second-order valence-corrected chi connectivity index (χ2v) is 10.1. The fraction of sp³-hybridized carbons (Fsp3) is 0.722. The summed E-state index contributed by atoms with van der Waals surface area (Å²) in [5.74, 6) is 1.38. The van der Waals surface area contributed by atoms with Crippen molar-refractivity contribution >= 4 is 21.5 Å². The molecule has 0 aromatic carbocycles. The Morgan fingerprint density at radius 2 is 2.11 bits per heavy atom. The van der Waals surface area contributed by atoms with E-state index in [2.05, 4.69) is 9.35 Å². The maximum atomic E-state index is 13.0. The number of hydrogen-bond donors (Lipinski definition) is 0. The van der Waals surface area contributed by atoms with Gasteiger partial charge >= 0.3 is 0 Å². The number of aryl methyl sites for hydroxylation is 1. The van der Waals surface area contributed by atoms with Gasteiger partial charge in [-0.25, -0.2) is 9.19 Å². The molecule has 1 aromatic rings. The summed E-state index contributed by atoms with van der Waals surface area (Å²) in [7, 11) is -2.49. The third-order valence-corrected chi connectivity index (χ3v) is 8.02. The lowest BCUT2D eigenvalue weighted by molar-refractivity contribution is -0.117. The van der Waals surface area contributed by atoms with E-state index in [4.69, 9.17) is 4.74 Å². The van der Waals surface area contributed by atoms with Gasteiger partial charge in [0.25, 0.3) is 11.8 Å². The molecule has 2 amide bonds. The molecular weight excluding hydrogens is 368 g/mol. The quantitative estimate of drug-likeness (QED) is 0.752. The van der Waals surface area contributed by atoms with Crippen LogP contribution in [-0.4, -0.2) is 67.3 Å². The smallest absolute Gasteiger partial charge is 0.272 e. The molecule has 0 radical (unpaired) electrons. The Morgan fingerprint density at radius 1 is 1.33 bits per heavy atom. The van der Waals surface area contributed by atoms with Gasteiger partial charge in [0.2, 0.25) is 0 Å². The van der Waals surface area contributed by atoms with E-state index in [9.17, 15) is 13.8 Å².